The second-order valence-corrected chi connectivity index (χ2v) is 5.34. The van der Waals surface area contributed by atoms with Gasteiger partial charge in [-0.25, -0.2) is 0 Å². The van der Waals surface area contributed by atoms with Gasteiger partial charge in [0.15, 0.2) is 5.78 Å². The predicted molar refractivity (Wildman–Crippen MR) is 86.4 cm³/mol. The van der Waals surface area contributed by atoms with Gasteiger partial charge in [0, 0.05) is 11.1 Å². The number of benzene rings is 3. The molecule has 0 aliphatic heterocycles. The van der Waals surface area contributed by atoms with E-state index < -0.39 is 0 Å². The smallest absolute Gasteiger partial charge is 0.193 e. The van der Waals surface area contributed by atoms with Gasteiger partial charge in [0.2, 0.25) is 0 Å². The Morgan fingerprint density at radius 3 is 2.38 bits per heavy atom. The van der Waals surface area contributed by atoms with Gasteiger partial charge in [-0.2, -0.15) is 0 Å². The molecule has 0 N–H and O–H groups in total. The molecule has 1 nitrogen and oxygen atoms in total. The van der Waals surface area contributed by atoms with Crippen LogP contribution in [0.15, 0.2) is 72.8 Å². The molecule has 100 valence electrons. The van der Waals surface area contributed by atoms with Gasteiger partial charge in [-0.3, -0.25) is 4.79 Å². The summed E-state index contributed by atoms with van der Waals surface area (Å²) in [4.78, 5) is 12.8. The van der Waals surface area contributed by atoms with Gasteiger partial charge >= 0.3 is 0 Å². The Morgan fingerprint density at radius 1 is 0.810 bits per heavy atom. The van der Waals surface area contributed by atoms with E-state index in [-0.39, 0.29) is 5.78 Å². The number of Topliss-reactive ketones (excluding diaryl/α,β-unsaturated/α-hetero) is 1. The molecule has 0 atom stereocenters. The Labute approximate surface area is 123 Å². The molecule has 0 radical (unpaired) electrons. The maximum atomic E-state index is 12.8. The molecule has 0 fully saturated rings. The average molecular weight is 270 g/mol. The van der Waals surface area contributed by atoms with E-state index in [1.807, 2.05) is 36.4 Å². The van der Waals surface area contributed by atoms with Crippen LogP contribution in [0.1, 0.15) is 21.5 Å². The van der Waals surface area contributed by atoms with Crippen molar-refractivity contribution in [3.05, 3.63) is 89.5 Å². The highest BCUT2D eigenvalue weighted by molar-refractivity contribution is 6.31. The summed E-state index contributed by atoms with van der Waals surface area (Å²) in [6.07, 6.45) is 2.88. The summed E-state index contributed by atoms with van der Waals surface area (Å²) in [5, 5.41) is 2.43. The van der Waals surface area contributed by atoms with Crippen molar-refractivity contribution in [1.29, 1.82) is 0 Å². The van der Waals surface area contributed by atoms with E-state index in [0.717, 1.165) is 23.1 Å². The minimum Gasteiger partial charge on any atom is -0.289 e. The molecule has 0 heterocycles. The first-order chi connectivity index (χ1) is 10.3. The van der Waals surface area contributed by atoms with Gasteiger partial charge < -0.3 is 0 Å². The van der Waals surface area contributed by atoms with Crippen molar-refractivity contribution in [1.82, 2.24) is 0 Å². The molecule has 1 aliphatic carbocycles. The number of allylic oxidation sites excluding steroid dienone is 2. The summed E-state index contributed by atoms with van der Waals surface area (Å²) in [6, 6.07) is 22.0. The third kappa shape index (κ3) is 1.90. The van der Waals surface area contributed by atoms with Gasteiger partial charge in [0.1, 0.15) is 0 Å². The first-order valence-corrected chi connectivity index (χ1v) is 7.15. The summed E-state index contributed by atoms with van der Waals surface area (Å²) >= 11 is 0. The van der Waals surface area contributed by atoms with Gasteiger partial charge in [-0.15, -0.1) is 0 Å². The molecule has 21 heavy (non-hydrogen) atoms. The lowest BCUT2D eigenvalue weighted by Crippen LogP contribution is -2.07. The highest BCUT2D eigenvalue weighted by Gasteiger charge is 2.20. The maximum absolute atomic E-state index is 12.8. The van der Waals surface area contributed by atoms with Crippen LogP contribution in [-0.4, -0.2) is 5.78 Å². The van der Waals surface area contributed by atoms with Gasteiger partial charge in [0.05, 0.1) is 0 Å². The number of hydrogen-bond donors (Lipinski definition) is 0. The lowest BCUT2D eigenvalue weighted by Gasteiger charge is -2.18. The van der Waals surface area contributed by atoms with E-state index in [4.69, 9.17) is 0 Å². The van der Waals surface area contributed by atoms with Crippen LogP contribution in [0.25, 0.3) is 16.3 Å². The average Bonchev–Trinajstić information content (AvgIpc) is 2.56. The second kappa shape index (κ2) is 4.71. The van der Waals surface area contributed by atoms with Crippen LogP contribution in [0.5, 0.6) is 0 Å². The minimum absolute atomic E-state index is 0.109. The third-order valence-electron chi connectivity index (χ3n) is 4.09. The quantitative estimate of drug-likeness (QED) is 0.619. The van der Waals surface area contributed by atoms with E-state index in [0.29, 0.717) is 0 Å². The van der Waals surface area contributed by atoms with Crippen LogP contribution in [0.2, 0.25) is 0 Å². The fourth-order valence-corrected chi connectivity index (χ4v) is 3.10. The van der Waals surface area contributed by atoms with Crippen LogP contribution < -0.4 is 0 Å². The topological polar surface area (TPSA) is 17.1 Å². The highest BCUT2D eigenvalue weighted by atomic mass is 16.1. The van der Waals surface area contributed by atoms with Crippen molar-refractivity contribution in [3.63, 3.8) is 0 Å². The lowest BCUT2D eigenvalue weighted by atomic mass is 9.85. The second-order valence-electron chi connectivity index (χ2n) is 5.34. The third-order valence-corrected chi connectivity index (χ3v) is 4.09. The fourth-order valence-electron chi connectivity index (χ4n) is 3.10. The number of carbonyl (C=O) groups is 1. The molecule has 3 aromatic carbocycles. The zero-order valence-corrected chi connectivity index (χ0v) is 11.5. The van der Waals surface area contributed by atoms with Crippen LogP contribution in [-0.2, 0) is 6.42 Å². The molecule has 1 aliphatic rings. The van der Waals surface area contributed by atoms with E-state index in [1.54, 1.807) is 0 Å². The summed E-state index contributed by atoms with van der Waals surface area (Å²) in [6.45, 7) is 0. The van der Waals surface area contributed by atoms with Crippen molar-refractivity contribution in [2.24, 2.45) is 0 Å². The molecule has 0 spiro atoms. The molecule has 0 bridgehead atoms. The zero-order chi connectivity index (χ0) is 14.2. The molecule has 0 saturated carbocycles. The normalized spacial score (nSPS) is 13.0. The Balaban J connectivity index is 1.90. The maximum Gasteiger partial charge on any atom is 0.193 e. The Hall–Kier alpha value is -2.67. The molecular formula is C20H14O. The van der Waals surface area contributed by atoms with Crippen molar-refractivity contribution in [2.75, 3.05) is 0 Å². The van der Waals surface area contributed by atoms with Crippen molar-refractivity contribution >= 4 is 22.1 Å². The number of hydrogen-bond acceptors (Lipinski definition) is 1. The predicted octanol–water partition coefficient (Wildman–Crippen LogP) is 4.66. The van der Waals surface area contributed by atoms with Crippen LogP contribution in [0.4, 0.5) is 0 Å². The largest absolute Gasteiger partial charge is 0.289 e. The Morgan fingerprint density at radius 2 is 1.57 bits per heavy atom. The molecule has 0 amide bonds. The molecule has 3 aromatic rings. The van der Waals surface area contributed by atoms with Crippen molar-refractivity contribution in [2.45, 2.75) is 6.42 Å². The van der Waals surface area contributed by atoms with E-state index in [1.165, 1.54) is 16.3 Å². The first-order valence-electron chi connectivity index (χ1n) is 7.15. The summed E-state index contributed by atoms with van der Waals surface area (Å²) < 4.78 is 0. The number of ketones is 1. The monoisotopic (exact) mass is 270 g/mol. The van der Waals surface area contributed by atoms with Gasteiger partial charge in [0.25, 0.3) is 0 Å². The van der Waals surface area contributed by atoms with E-state index in [9.17, 15) is 4.79 Å². The molecule has 0 aromatic heterocycles. The van der Waals surface area contributed by atoms with Crippen molar-refractivity contribution < 1.29 is 4.79 Å². The highest BCUT2D eigenvalue weighted by Crippen LogP contribution is 2.34. The molecule has 4 rings (SSSR count). The Kier molecular flexibility index (Phi) is 2.71. The summed E-state index contributed by atoms with van der Waals surface area (Å²) in [5.41, 5.74) is 3.93. The van der Waals surface area contributed by atoms with Crippen LogP contribution in [0.3, 0.4) is 0 Å². The van der Waals surface area contributed by atoms with Gasteiger partial charge in [-0.1, -0.05) is 72.8 Å². The number of carbonyl (C=O) groups excluding carboxylic acids is 1. The Bertz CT molecular complexity index is 867. The zero-order valence-electron chi connectivity index (χ0n) is 11.5. The SMILES string of the molecule is O=C(C1=CCc2cccc3cccc1c23)c1ccccc1. The summed E-state index contributed by atoms with van der Waals surface area (Å²) in [7, 11) is 0. The molecular weight excluding hydrogens is 256 g/mol. The fraction of sp³-hybridized carbons (Fsp3) is 0.0500. The van der Waals surface area contributed by atoms with Gasteiger partial charge in [-0.05, 0) is 28.3 Å². The van der Waals surface area contributed by atoms with Crippen LogP contribution >= 0.6 is 0 Å². The summed E-state index contributed by atoms with van der Waals surface area (Å²) in [5.74, 6) is 0.109. The molecule has 0 unspecified atom stereocenters. The number of rotatable bonds is 2. The standard InChI is InChI=1S/C20H14O/c21-20(16-6-2-1-3-7-16)18-13-12-15-9-4-8-14-10-5-11-17(18)19(14)15/h1-11,13H,12H2. The molecule has 1 heteroatoms. The first kappa shape index (κ1) is 12.1. The lowest BCUT2D eigenvalue weighted by molar-refractivity contribution is 0.105. The van der Waals surface area contributed by atoms with Crippen LogP contribution in [0, 0.1) is 0 Å². The van der Waals surface area contributed by atoms with E-state index in [2.05, 4.69) is 36.4 Å². The minimum atomic E-state index is 0.109. The van der Waals surface area contributed by atoms with E-state index >= 15 is 0 Å². The van der Waals surface area contributed by atoms with Crippen molar-refractivity contribution in [3.8, 4) is 0 Å². The molecule has 0 saturated heterocycles.